The van der Waals surface area contributed by atoms with Crippen LogP contribution in [-0.2, 0) is 0 Å². The van der Waals surface area contributed by atoms with E-state index in [9.17, 15) is 0 Å². The lowest BCUT2D eigenvalue weighted by Gasteiger charge is -2.11. The molecule has 9 heavy (non-hydrogen) atoms. The van der Waals surface area contributed by atoms with Gasteiger partial charge in [-0.05, 0) is 19.9 Å². The predicted molar refractivity (Wildman–Crippen MR) is 40.5 cm³/mol. The highest BCUT2D eigenvalue weighted by Gasteiger charge is 1.88. The zero-order chi connectivity index (χ0) is 7.44. The molecule has 0 aliphatic rings. The zero-order valence-electron chi connectivity index (χ0n) is 6.31. The highest BCUT2D eigenvalue weighted by molar-refractivity contribution is 5.15. The molecule has 0 saturated carbocycles. The molecule has 0 rings (SSSR count). The lowest BCUT2D eigenvalue weighted by molar-refractivity contribution is 0.441. The van der Waals surface area contributed by atoms with E-state index in [1.807, 2.05) is 19.9 Å². The summed E-state index contributed by atoms with van der Waals surface area (Å²) in [5, 5.41) is 1.56. The molecule has 0 heterocycles. The van der Waals surface area contributed by atoms with Crippen LogP contribution in [0.2, 0.25) is 0 Å². The third-order valence-electron chi connectivity index (χ3n) is 1.01. The van der Waals surface area contributed by atoms with E-state index in [0.717, 1.165) is 11.3 Å². The van der Waals surface area contributed by atoms with Gasteiger partial charge in [-0.25, -0.2) is 5.84 Å². The average molecular weight is 126 g/mol. The first kappa shape index (κ1) is 8.24. The Kier molecular flexibility index (Phi) is 3.02. The van der Waals surface area contributed by atoms with Gasteiger partial charge in [-0.1, -0.05) is 12.2 Å². The van der Waals surface area contributed by atoms with E-state index >= 15 is 0 Å². The average Bonchev–Trinajstić information content (AvgIpc) is 1.63. The minimum absolute atomic E-state index is 1.02. The van der Waals surface area contributed by atoms with Gasteiger partial charge in [0.2, 0.25) is 0 Å². The van der Waals surface area contributed by atoms with Gasteiger partial charge in [-0.15, -0.1) is 0 Å². The van der Waals surface area contributed by atoms with Crippen LogP contribution in [-0.4, -0.2) is 12.1 Å². The molecule has 0 saturated heterocycles. The molecule has 0 aromatic heterocycles. The molecule has 0 unspecified atom stereocenters. The van der Waals surface area contributed by atoms with Gasteiger partial charge in [0.15, 0.2) is 0 Å². The van der Waals surface area contributed by atoms with Crippen molar-refractivity contribution < 1.29 is 0 Å². The second kappa shape index (κ2) is 3.30. The Bertz CT molecular complexity index is 134. The molecule has 0 aromatic rings. The van der Waals surface area contributed by atoms with Crippen LogP contribution in [0.15, 0.2) is 23.9 Å². The Morgan fingerprint density at radius 1 is 1.56 bits per heavy atom. The largest absolute Gasteiger partial charge is 0.318 e. The number of rotatable bonds is 2. The zero-order valence-corrected chi connectivity index (χ0v) is 6.31. The Labute approximate surface area is 56.6 Å². The number of hydrogen-bond acceptors (Lipinski definition) is 2. The SMILES string of the molecule is C=C(C)/C=C(/C)N(C)N. The standard InChI is InChI=1S/C7H14N2/c1-6(2)5-7(3)9(4)8/h5H,1,8H2,2-4H3/b7-5-. The van der Waals surface area contributed by atoms with Crippen molar-refractivity contribution in [1.82, 2.24) is 5.01 Å². The number of hydrazine groups is 1. The van der Waals surface area contributed by atoms with Crippen LogP contribution >= 0.6 is 0 Å². The predicted octanol–water partition coefficient (Wildman–Crippen LogP) is 1.27. The summed E-state index contributed by atoms with van der Waals surface area (Å²) in [6, 6.07) is 0. The summed E-state index contributed by atoms with van der Waals surface area (Å²) in [5.41, 5.74) is 2.03. The summed E-state index contributed by atoms with van der Waals surface area (Å²) in [6.45, 7) is 7.60. The highest BCUT2D eigenvalue weighted by atomic mass is 15.4. The van der Waals surface area contributed by atoms with E-state index in [-0.39, 0.29) is 0 Å². The summed E-state index contributed by atoms with van der Waals surface area (Å²) < 4.78 is 0. The minimum Gasteiger partial charge on any atom is -0.318 e. The van der Waals surface area contributed by atoms with Crippen molar-refractivity contribution in [3.63, 3.8) is 0 Å². The summed E-state index contributed by atoms with van der Waals surface area (Å²) in [5.74, 6) is 5.41. The van der Waals surface area contributed by atoms with Crippen molar-refractivity contribution in [3.05, 3.63) is 23.9 Å². The van der Waals surface area contributed by atoms with Crippen molar-refractivity contribution in [2.24, 2.45) is 5.84 Å². The van der Waals surface area contributed by atoms with Crippen LogP contribution in [0.4, 0.5) is 0 Å². The maximum absolute atomic E-state index is 5.41. The van der Waals surface area contributed by atoms with E-state index < -0.39 is 0 Å². The highest BCUT2D eigenvalue weighted by Crippen LogP contribution is 1.98. The van der Waals surface area contributed by atoms with Gasteiger partial charge in [0, 0.05) is 12.7 Å². The van der Waals surface area contributed by atoms with Crippen LogP contribution in [0.25, 0.3) is 0 Å². The molecule has 0 aromatic carbocycles. The Morgan fingerprint density at radius 2 is 2.00 bits per heavy atom. The van der Waals surface area contributed by atoms with Crippen LogP contribution in [0.3, 0.4) is 0 Å². The van der Waals surface area contributed by atoms with Crippen molar-refractivity contribution >= 4 is 0 Å². The third kappa shape index (κ3) is 3.79. The minimum atomic E-state index is 1.02. The number of hydrogen-bond donors (Lipinski definition) is 1. The Morgan fingerprint density at radius 3 is 2.11 bits per heavy atom. The number of allylic oxidation sites excluding steroid dienone is 3. The molecule has 0 fully saturated rings. The smallest absolute Gasteiger partial charge is 0.0259 e. The monoisotopic (exact) mass is 126 g/mol. The van der Waals surface area contributed by atoms with Crippen molar-refractivity contribution in [1.29, 1.82) is 0 Å². The number of nitrogens with two attached hydrogens (primary N) is 1. The number of nitrogens with zero attached hydrogens (tertiary/aromatic N) is 1. The molecular formula is C7H14N2. The van der Waals surface area contributed by atoms with Crippen LogP contribution in [0.1, 0.15) is 13.8 Å². The first-order valence-electron chi connectivity index (χ1n) is 2.86. The Hall–Kier alpha value is -0.760. The molecule has 52 valence electrons. The van der Waals surface area contributed by atoms with Gasteiger partial charge in [-0.3, -0.25) is 0 Å². The lowest BCUT2D eigenvalue weighted by atomic mass is 10.3. The molecule has 2 heteroatoms. The fraction of sp³-hybridized carbons (Fsp3) is 0.429. The van der Waals surface area contributed by atoms with E-state index in [2.05, 4.69) is 6.58 Å². The van der Waals surface area contributed by atoms with Gasteiger partial charge in [0.05, 0.1) is 0 Å². The fourth-order valence-electron chi connectivity index (χ4n) is 0.458. The van der Waals surface area contributed by atoms with Gasteiger partial charge in [0.1, 0.15) is 0 Å². The normalized spacial score (nSPS) is 11.3. The van der Waals surface area contributed by atoms with Crippen molar-refractivity contribution in [3.8, 4) is 0 Å². The first-order valence-corrected chi connectivity index (χ1v) is 2.86. The van der Waals surface area contributed by atoms with Gasteiger partial charge >= 0.3 is 0 Å². The van der Waals surface area contributed by atoms with E-state index in [1.54, 1.807) is 12.1 Å². The third-order valence-corrected chi connectivity index (χ3v) is 1.01. The molecule has 0 spiro atoms. The quantitative estimate of drug-likeness (QED) is 0.343. The van der Waals surface area contributed by atoms with Crippen LogP contribution in [0.5, 0.6) is 0 Å². The fourth-order valence-corrected chi connectivity index (χ4v) is 0.458. The molecule has 0 amide bonds. The summed E-state index contributed by atoms with van der Waals surface area (Å²) in [6.07, 6.45) is 1.93. The summed E-state index contributed by atoms with van der Waals surface area (Å²) in [4.78, 5) is 0. The van der Waals surface area contributed by atoms with Gasteiger partial charge < -0.3 is 5.01 Å². The molecule has 0 aliphatic heterocycles. The second-order valence-electron chi connectivity index (χ2n) is 2.24. The van der Waals surface area contributed by atoms with E-state index in [0.29, 0.717) is 0 Å². The van der Waals surface area contributed by atoms with Crippen molar-refractivity contribution in [2.75, 3.05) is 7.05 Å². The maximum atomic E-state index is 5.41. The van der Waals surface area contributed by atoms with E-state index in [4.69, 9.17) is 5.84 Å². The molecular weight excluding hydrogens is 112 g/mol. The van der Waals surface area contributed by atoms with Gasteiger partial charge in [-0.2, -0.15) is 0 Å². The van der Waals surface area contributed by atoms with Crippen LogP contribution < -0.4 is 5.84 Å². The summed E-state index contributed by atoms with van der Waals surface area (Å²) >= 11 is 0. The molecule has 0 atom stereocenters. The topological polar surface area (TPSA) is 29.3 Å². The Balaban J connectivity index is 4.00. The second-order valence-corrected chi connectivity index (χ2v) is 2.24. The summed E-state index contributed by atoms with van der Waals surface area (Å²) in [7, 11) is 1.80. The first-order chi connectivity index (χ1) is 4.04. The molecule has 2 N–H and O–H groups in total. The van der Waals surface area contributed by atoms with Crippen LogP contribution in [0, 0.1) is 0 Å². The molecule has 2 nitrogen and oxygen atoms in total. The molecule has 0 bridgehead atoms. The van der Waals surface area contributed by atoms with Crippen molar-refractivity contribution in [2.45, 2.75) is 13.8 Å². The van der Waals surface area contributed by atoms with E-state index in [1.165, 1.54) is 0 Å². The molecule has 0 radical (unpaired) electrons. The lowest BCUT2D eigenvalue weighted by Crippen LogP contribution is -2.23. The maximum Gasteiger partial charge on any atom is 0.0259 e. The molecule has 0 aliphatic carbocycles. The van der Waals surface area contributed by atoms with Gasteiger partial charge in [0.25, 0.3) is 0 Å².